The zero-order valence-corrected chi connectivity index (χ0v) is 12.8. The van der Waals surface area contributed by atoms with Gasteiger partial charge in [0, 0.05) is 21.7 Å². The number of carbonyl (C=O) groups is 1. The Balaban J connectivity index is 1.80. The molecular weight excluding hydrogens is 298 g/mol. The third-order valence-corrected chi connectivity index (χ3v) is 3.60. The third kappa shape index (κ3) is 3.10. The lowest BCUT2D eigenvalue weighted by Gasteiger charge is -2.09. The summed E-state index contributed by atoms with van der Waals surface area (Å²) in [6, 6.07) is 16.4. The predicted molar refractivity (Wildman–Crippen MR) is 87.8 cm³/mol. The van der Waals surface area contributed by atoms with Gasteiger partial charge in [0.1, 0.15) is 11.3 Å². The third-order valence-electron chi connectivity index (χ3n) is 3.35. The molecule has 1 aromatic heterocycles. The number of para-hydroxylation sites is 1. The summed E-state index contributed by atoms with van der Waals surface area (Å²) in [4.78, 5) is 16.6. The van der Waals surface area contributed by atoms with Crippen molar-refractivity contribution in [1.29, 1.82) is 0 Å². The number of aryl methyl sites for hydroxylation is 1. The molecule has 0 bridgehead atoms. The standard InChI is InChI=1S/C18H14ClNO2/c1-12-5-6-14-3-2-4-17(18(14)20-12)22-11-16(21)13-7-9-15(19)10-8-13/h2-10H,11H2,1H3. The van der Waals surface area contributed by atoms with Crippen LogP contribution in [0.15, 0.2) is 54.6 Å². The molecule has 0 N–H and O–H groups in total. The number of halogens is 1. The number of nitrogens with zero attached hydrogens (tertiary/aromatic N) is 1. The van der Waals surface area contributed by atoms with E-state index in [9.17, 15) is 4.79 Å². The fourth-order valence-corrected chi connectivity index (χ4v) is 2.32. The normalized spacial score (nSPS) is 10.6. The molecule has 22 heavy (non-hydrogen) atoms. The van der Waals surface area contributed by atoms with Gasteiger partial charge in [-0.1, -0.05) is 29.8 Å². The first-order valence-electron chi connectivity index (χ1n) is 6.91. The predicted octanol–water partition coefficient (Wildman–Crippen LogP) is 4.46. The molecule has 0 aliphatic heterocycles. The van der Waals surface area contributed by atoms with Crippen LogP contribution in [0.25, 0.3) is 10.9 Å². The number of carbonyl (C=O) groups excluding carboxylic acids is 1. The summed E-state index contributed by atoms with van der Waals surface area (Å²) < 4.78 is 5.68. The van der Waals surface area contributed by atoms with E-state index in [-0.39, 0.29) is 12.4 Å². The van der Waals surface area contributed by atoms with Gasteiger partial charge in [-0.2, -0.15) is 0 Å². The lowest BCUT2D eigenvalue weighted by molar-refractivity contribution is 0.0922. The van der Waals surface area contributed by atoms with Gasteiger partial charge in [-0.25, -0.2) is 4.98 Å². The van der Waals surface area contributed by atoms with E-state index in [1.807, 2.05) is 37.3 Å². The van der Waals surface area contributed by atoms with Crippen molar-refractivity contribution in [2.45, 2.75) is 6.92 Å². The minimum absolute atomic E-state index is 0.0314. The molecule has 3 nitrogen and oxygen atoms in total. The average Bonchev–Trinajstić information content (AvgIpc) is 2.53. The maximum atomic E-state index is 12.1. The quantitative estimate of drug-likeness (QED) is 0.668. The lowest BCUT2D eigenvalue weighted by atomic mass is 10.1. The Morgan fingerprint density at radius 1 is 1.09 bits per heavy atom. The Kier molecular flexibility index (Phi) is 4.07. The molecule has 0 saturated carbocycles. The van der Waals surface area contributed by atoms with Gasteiger partial charge in [0.25, 0.3) is 0 Å². The molecule has 110 valence electrons. The molecule has 0 spiro atoms. The number of pyridine rings is 1. The smallest absolute Gasteiger partial charge is 0.200 e. The maximum absolute atomic E-state index is 12.1. The molecule has 4 heteroatoms. The van der Waals surface area contributed by atoms with E-state index in [0.29, 0.717) is 16.3 Å². The van der Waals surface area contributed by atoms with Crippen LogP contribution in [0, 0.1) is 6.92 Å². The summed E-state index contributed by atoms with van der Waals surface area (Å²) in [5.41, 5.74) is 2.26. The second-order valence-electron chi connectivity index (χ2n) is 5.00. The van der Waals surface area contributed by atoms with Crippen molar-refractivity contribution in [2.75, 3.05) is 6.61 Å². The van der Waals surface area contributed by atoms with Gasteiger partial charge in [-0.15, -0.1) is 0 Å². The molecule has 0 radical (unpaired) electrons. The summed E-state index contributed by atoms with van der Waals surface area (Å²) in [6.07, 6.45) is 0. The summed E-state index contributed by atoms with van der Waals surface area (Å²) in [6.45, 7) is 1.89. The van der Waals surface area contributed by atoms with Crippen LogP contribution in [0.3, 0.4) is 0 Å². The minimum atomic E-state index is -0.0960. The van der Waals surface area contributed by atoms with Crippen molar-refractivity contribution in [3.8, 4) is 5.75 Å². The molecule has 1 heterocycles. The van der Waals surface area contributed by atoms with Crippen LogP contribution in [0.4, 0.5) is 0 Å². The number of benzene rings is 2. The van der Waals surface area contributed by atoms with E-state index in [2.05, 4.69) is 4.98 Å². The highest BCUT2D eigenvalue weighted by Gasteiger charge is 2.09. The van der Waals surface area contributed by atoms with Crippen LogP contribution >= 0.6 is 11.6 Å². The zero-order valence-electron chi connectivity index (χ0n) is 12.0. The number of aromatic nitrogens is 1. The number of hydrogen-bond acceptors (Lipinski definition) is 3. The molecule has 0 amide bonds. The molecule has 0 unspecified atom stereocenters. The van der Waals surface area contributed by atoms with Crippen LogP contribution in [0.5, 0.6) is 5.75 Å². The maximum Gasteiger partial charge on any atom is 0.200 e. The topological polar surface area (TPSA) is 39.2 Å². The zero-order chi connectivity index (χ0) is 15.5. The number of fused-ring (bicyclic) bond motifs is 1. The molecule has 3 aromatic rings. The van der Waals surface area contributed by atoms with Gasteiger partial charge in [-0.05, 0) is 43.3 Å². The van der Waals surface area contributed by atoms with Crippen molar-refractivity contribution in [2.24, 2.45) is 0 Å². The Bertz CT molecular complexity index is 828. The van der Waals surface area contributed by atoms with Crippen LogP contribution in [0.2, 0.25) is 5.02 Å². The van der Waals surface area contributed by atoms with Crippen LogP contribution in [-0.4, -0.2) is 17.4 Å². The first kappa shape index (κ1) is 14.5. The first-order chi connectivity index (χ1) is 10.6. The SMILES string of the molecule is Cc1ccc2cccc(OCC(=O)c3ccc(Cl)cc3)c2n1. The van der Waals surface area contributed by atoms with Gasteiger partial charge in [0.15, 0.2) is 12.4 Å². The second-order valence-corrected chi connectivity index (χ2v) is 5.44. The molecule has 0 fully saturated rings. The Morgan fingerprint density at radius 2 is 1.86 bits per heavy atom. The summed E-state index contributed by atoms with van der Waals surface area (Å²) >= 11 is 5.82. The minimum Gasteiger partial charge on any atom is -0.483 e. The number of Topliss-reactive ketones (excluding diaryl/α,β-unsaturated/α-hetero) is 1. The summed E-state index contributed by atoms with van der Waals surface area (Å²) in [7, 11) is 0. The van der Waals surface area contributed by atoms with Gasteiger partial charge in [-0.3, -0.25) is 4.79 Å². The molecule has 2 aromatic carbocycles. The van der Waals surface area contributed by atoms with E-state index in [0.717, 1.165) is 16.6 Å². The fourth-order valence-electron chi connectivity index (χ4n) is 2.20. The highest BCUT2D eigenvalue weighted by molar-refractivity contribution is 6.30. The van der Waals surface area contributed by atoms with Crippen LogP contribution in [-0.2, 0) is 0 Å². The van der Waals surface area contributed by atoms with Gasteiger partial charge in [0.2, 0.25) is 0 Å². The summed E-state index contributed by atoms with van der Waals surface area (Å²) in [5, 5.41) is 1.59. The van der Waals surface area contributed by atoms with Crippen molar-refractivity contribution >= 4 is 28.3 Å². The van der Waals surface area contributed by atoms with Crippen molar-refractivity contribution in [3.63, 3.8) is 0 Å². The van der Waals surface area contributed by atoms with Crippen molar-refractivity contribution < 1.29 is 9.53 Å². The van der Waals surface area contributed by atoms with E-state index >= 15 is 0 Å². The van der Waals surface area contributed by atoms with E-state index in [1.54, 1.807) is 24.3 Å². The number of ketones is 1. The number of hydrogen-bond donors (Lipinski definition) is 0. The Morgan fingerprint density at radius 3 is 2.64 bits per heavy atom. The Hall–Kier alpha value is -2.39. The largest absolute Gasteiger partial charge is 0.483 e. The Labute approximate surface area is 133 Å². The van der Waals surface area contributed by atoms with E-state index in [1.165, 1.54) is 0 Å². The molecule has 0 atom stereocenters. The number of rotatable bonds is 4. The molecular formula is C18H14ClNO2. The average molecular weight is 312 g/mol. The van der Waals surface area contributed by atoms with Crippen LogP contribution in [0.1, 0.15) is 16.1 Å². The van der Waals surface area contributed by atoms with Gasteiger partial charge < -0.3 is 4.74 Å². The monoisotopic (exact) mass is 311 g/mol. The highest BCUT2D eigenvalue weighted by Crippen LogP contribution is 2.24. The molecule has 0 aliphatic rings. The lowest BCUT2D eigenvalue weighted by Crippen LogP contribution is -2.11. The second kappa shape index (κ2) is 6.16. The van der Waals surface area contributed by atoms with Gasteiger partial charge in [0.05, 0.1) is 0 Å². The number of ether oxygens (including phenoxy) is 1. The molecule has 3 rings (SSSR count). The first-order valence-corrected chi connectivity index (χ1v) is 7.29. The van der Waals surface area contributed by atoms with Crippen LogP contribution < -0.4 is 4.74 Å². The van der Waals surface area contributed by atoms with Crippen molar-refractivity contribution in [3.05, 3.63) is 70.9 Å². The summed E-state index contributed by atoms with van der Waals surface area (Å²) in [5.74, 6) is 0.518. The van der Waals surface area contributed by atoms with E-state index in [4.69, 9.17) is 16.3 Å². The molecule has 0 aliphatic carbocycles. The van der Waals surface area contributed by atoms with Gasteiger partial charge >= 0.3 is 0 Å². The van der Waals surface area contributed by atoms with Crippen molar-refractivity contribution in [1.82, 2.24) is 4.98 Å². The fraction of sp³-hybridized carbons (Fsp3) is 0.111. The van der Waals surface area contributed by atoms with E-state index < -0.39 is 0 Å². The highest BCUT2D eigenvalue weighted by atomic mass is 35.5. The molecule has 0 saturated heterocycles.